The first kappa shape index (κ1) is 11.3. The lowest BCUT2D eigenvalue weighted by atomic mass is 10.1. The summed E-state index contributed by atoms with van der Waals surface area (Å²) in [5.41, 5.74) is 2.65. The molecule has 0 atom stereocenters. The lowest BCUT2D eigenvalue weighted by molar-refractivity contribution is 0.0843. The smallest absolute Gasteiger partial charge is 0.138 e. The molecule has 0 unspecified atom stereocenters. The van der Waals surface area contributed by atoms with Crippen molar-refractivity contribution in [1.29, 1.82) is 0 Å². The third-order valence-corrected chi connectivity index (χ3v) is 4.40. The number of hydrogen-bond acceptors (Lipinski definition) is 3. The van der Waals surface area contributed by atoms with Gasteiger partial charge in [-0.3, -0.25) is 0 Å². The standard InChI is InChI=1S/C15H19N3O/c1-2-11-10-17-13-3-6-16-15(14(11)13)18(7-1)12-4-8-19-9-5-12/h3,6,10,12,17H,1-2,4-5,7-9H2. The minimum absolute atomic E-state index is 0.590. The number of nitrogens with one attached hydrogen (secondary N) is 1. The Morgan fingerprint density at radius 2 is 2.21 bits per heavy atom. The van der Waals surface area contributed by atoms with Gasteiger partial charge in [-0.05, 0) is 37.3 Å². The van der Waals surface area contributed by atoms with Gasteiger partial charge >= 0.3 is 0 Å². The van der Waals surface area contributed by atoms with Crippen LogP contribution in [0.15, 0.2) is 18.5 Å². The molecule has 2 aromatic rings. The molecule has 4 nitrogen and oxygen atoms in total. The van der Waals surface area contributed by atoms with Crippen LogP contribution in [0.2, 0.25) is 0 Å². The molecule has 4 heterocycles. The number of aryl methyl sites for hydroxylation is 1. The molecule has 1 fully saturated rings. The topological polar surface area (TPSA) is 41.2 Å². The van der Waals surface area contributed by atoms with Gasteiger partial charge in [0.1, 0.15) is 5.82 Å². The Hall–Kier alpha value is -1.55. The summed E-state index contributed by atoms with van der Waals surface area (Å²) in [5.74, 6) is 1.18. The van der Waals surface area contributed by atoms with Gasteiger partial charge < -0.3 is 14.6 Å². The number of H-pyrrole nitrogens is 1. The molecule has 0 amide bonds. The van der Waals surface area contributed by atoms with Crippen molar-refractivity contribution in [2.24, 2.45) is 0 Å². The maximum atomic E-state index is 5.50. The first-order valence-electron chi connectivity index (χ1n) is 7.23. The van der Waals surface area contributed by atoms with Crippen LogP contribution in [0.4, 0.5) is 5.82 Å². The van der Waals surface area contributed by atoms with Crippen molar-refractivity contribution in [2.45, 2.75) is 31.7 Å². The summed E-state index contributed by atoms with van der Waals surface area (Å²) in [6, 6.07) is 2.67. The van der Waals surface area contributed by atoms with Crippen molar-refractivity contribution >= 4 is 16.7 Å². The fourth-order valence-electron chi connectivity index (χ4n) is 3.44. The molecule has 2 aliphatic rings. The van der Waals surface area contributed by atoms with Gasteiger partial charge in [0, 0.05) is 43.6 Å². The van der Waals surface area contributed by atoms with Crippen LogP contribution in [0.3, 0.4) is 0 Å². The Bertz CT molecular complexity index is 586. The Morgan fingerprint density at radius 3 is 3.11 bits per heavy atom. The van der Waals surface area contributed by atoms with Crippen LogP contribution >= 0.6 is 0 Å². The molecule has 0 saturated carbocycles. The maximum absolute atomic E-state index is 5.50. The lowest BCUT2D eigenvalue weighted by Crippen LogP contribution is -2.40. The molecule has 1 saturated heterocycles. The van der Waals surface area contributed by atoms with Crippen molar-refractivity contribution in [3.8, 4) is 0 Å². The number of ether oxygens (including phenoxy) is 1. The van der Waals surface area contributed by atoms with Gasteiger partial charge in [-0.2, -0.15) is 0 Å². The Labute approximate surface area is 112 Å². The normalized spacial score (nSPS) is 20.7. The van der Waals surface area contributed by atoms with Crippen LogP contribution in [0, 0.1) is 0 Å². The second-order valence-electron chi connectivity index (χ2n) is 5.51. The molecule has 2 aromatic heterocycles. The van der Waals surface area contributed by atoms with Crippen LogP contribution < -0.4 is 4.90 Å². The highest BCUT2D eigenvalue weighted by Crippen LogP contribution is 2.33. The first-order valence-corrected chi connectivity index (χ1v) is 7.23. The Balaban J connectivity index is 1.81. The van der Waals surface area contributed by atoms with Gasteiger partial charge in [0.2, 0.25) is 0 Å². The maximum Gasteiger partial charge on any atom is 0.138 e. The van der Waals surface area contributed by atoms with E-state index in [4.69, 9.17) is 9.72 Å². The van der Waals surface area contributed by atoms with Crippen molar-refractivity contribution in [3.05, 3.63) is 24.0 Å². The largest absolute Gasteiger partial charge is 0.381 e. The number of nitrogens with zero attached hydrogens (tertiary/aromatic N) is 2. The van der Waals surface area contributed by atoms with E-state index in [0.29, 0.717) is 6.04 Å². The van der Waals surface area contributed by atoms with Crippen LogP contribution in [0.25, 0.3) is 10.9 Å². The monoisotopic (exact) mass is 257 g/mol. The summed E-state index contributed by atoms with van der Waals surface area (Å²) in [7, 11) is 0. The van der Waals surface area contributed by atoms with Crippen LogP contribution in [-0.4, -0.2) is 35.8 Å². The summed E-state index contributed by atoms with van der Waals surface area (Å²) in [5, 5.41) is 1.34. The first-order chi connectivity index (χ1) is 9.43. The predicted octanol–water partition coefficient (Wildman–Crippen LogP) is 2.49. The molecule has 0 aromatic carbocycles. The van der Waals surface area contributed by atoms with Crippen molar-refractivity contribution in [1.82, 2.24) is 9.97 Å². The summed E-state index contributed by atoms with van der Waals surface area (Å²) in [6.45, 7) is 2.89. The molecular weight excluding hydrogens is 238 g/mol. The number of aromatic amines is 1. The van der Waals surface area contributed by atoms with E-state index in [2.05, 4.69) is 22.1 Å². The van der Waals surface area contributed by atoms with Crippen LogP contribution in [0.5, 0.6) is 0 Å². The van der Waals surface area contributed by atoms with Gasteiger partial charge in [-0.15, -0.1) is 0 Å². The zero-order chi connectivity index (χ0) is 12.7. The van der Waals surface area contributed by atoms with Crippen LogP contribution in [0.1, 0.15) is 24.8 Å². The third kappa shape index (κ3) is 1.82. The quantitative estimate of drug-likeness (QED) is 0.853. The molecule has 4 rings (SSSR count). The zero-order valence-corrected chi connectivity index (χ0v) is 11.1. The van der Waals surface area contributed by atoms with E-state index in [0.717, 1.165) is 39.0 Å². The summed E-state index contributed by atoms with van der Waals surface area (Å²) in [4.78, 5) is 10.6. The number of rotatable bonds is 1. The highest BCUT2D eigenvalue weighted by Gasteiger charge is 2.26. The lowest BCUT2D eigenvalue weighted by Gasteiger charge is -2.35. The molecular formula is C15H19N3O. The van der Waals surface area contributed by atoms with Gasteiger partial charge in [-0.1, -0.05) is 0 Å². The second kappa shape index (κ2) is 4.53. The van der Waals surface area contributed by atoms with E-state index >= 15 is 0 Å². The SMILES string of the molecule is c1cc2[nH]cc3c2c(n1)N(C1CCOCC1)CCC3. The van der Waals surface area contributed by atoms with E-state index in [-0.39, 0.29) is 0 Å². The number of pyridine rings is 1. The molecule has 2 aliphatic heterocycles. The minimum atomic E-state index is 0.590. The molecule has 0 radical (unpaired) electrons. The van der Waals surface area contributed by atoms with E-state index < -0.39 is 0 Å². The molecule has 0 spiro atoms. The summed E-state index contributed by atoms with van der Waals surface area (Å²) < 4.78 is 5.50. The number of aromatic nitrogens is 2. The fourth-order valence-corrected chi connectivity index (χ4v) is 3.44. The zero-order valence-electron chi connectivity index (χ0n) is 11.1. The van der Waals surface area contributed by atoms with E-state index in [1.165, 1.54) is 28.7 Å². The Morgan fingerprint density at radius 1 is 1.32 bits per heavy atom. The second-order valence-corrected chi connectivity index (χ2v) is 5.51. The number of hydrogen-bond donors (Lipinski definition) is 1. The number of anilines is 1. The van der Waals surface area contributed by atoms with Crippen molar-refractivity contribution < 1.29 is 4.74 Å². The molecule has 0 aliphatic carbocycles. The van der Waals surface area contributed by atoms with E-state index in [1.807, 2.05) is 6.20 Å². The van der Waals surface area contributed by atoms with Crippen molar-refractivity contribution in [2.75, 3.05) is 24.7 Å². The molecule has 1 N–H and O–H groups in total. The minimum Gasteiger partial charge on any atom is -0.381 e. The van der Waals surface area contributed by atoms with E-state index in [1.54, 1.807) is 0 Å². The Kier molecular flexibility index (Phi) is 2.69. The van der Waals surface area contributed by atoms with Gasteiger partial charge in [-0.25, -0.2) is 4.98 Å². The van der Waals surface area contributed by atoms with Gasteiger partial charge in [0.15, 0.2) is 0 Å². The molecule has 19 heavy (non-hydrogen) atoms. The van der Waals surface area contributed by atoms with Crippen LogP contribution in [-0.2, 0) is 11.2 Å². The summed E-state index contributed by atoms with van der Waals surface area (Å²) >= 11 is 0. The highest BCUT2D eigenvalue weighted by atomic mass is 16.5. The molecule has 100 valence electrons. The van der Waals surface area contributed by atoms with Crippen molar-refractivity contribution in [3.63, 3.8) is 0 Å². The fraction of sp³-hybridized carbons (Fsp3) is 0.533. The molecule has 4 heteroatoms. The average Bonchev–Trinajstić information content (AvgIpc) is 2.78. The summed E-state index contributed by atoms with van der Waals surface area (Å²) in [6.07, 6.45) is 8.69. The van der Waals surface area contributed by atoms with Gasteiger partial charge in [0.05, 0.1) is 5.52 Å². The van der Waals surface area contributed by atoms with E-state index in [9.17, 15) is 0 Å². The average molecular weight is 257 g/mol. The van der Waals surface area contributed by atoms with Gasteiger partial charge in [0.25, 0.3) is 0 Å². The highest BCUT2D eigenvalue weighted by molar-refractivity contribution is 5.93. The third-order valence-electron chi connectivity index (χ3n) is 4.40. The molecule has 0 bridgehead atoms. The predicted molar refractivity (Wildman–Crippen MR) is 75.6 cm³/mol.